The SMILES string of the molecule is CCC(C)Oc1cccc(C(=O)Nc2ccc(-c3ccc(CO)o3)c(C)c2)c1. The molecule has 1 unspecified atom stereocenters. The molecule has 0 fully saturated rings. The molecule has 0 saturated heterocycles. The molecule has 146 valence electrons. The number of carbonyl (C=O) groups is 1. The minimum Gasteiger partial charge on any atom is -0.491 e. The zero-order valence-electron chi connectivity index (χ0n) is 16.4. The van der Waals surface area contributed by atoms with Crippen LogP contribution in [0.4, 0.5) is 5.69 Å². The first-order valence-electron chi connectivity index (χ1n) is 9.38. The van der Waals surface area contributed by atoms with Crippen molar-refractivity contribution in [3.63, 3.8) is 0 Å². The third-order valence-corrected chi connectivity index (χ3v) is 4.58. The van der Waals surface area contributed by atoms with Crippen molar-refractivity contribution in [1.82, 2.24) is 0 Å². The summed E-state index contributed by atoms with van der Waals surface area (Å²) in [5.41, 5.74) is 3.13. The van der Waals surface area contributed by atoms with Crippen LogP contribution in [0.2, 0.25) is 0 Å². The van der Waals surface area contributed by atoms with E-state index in [0.29, 0.717) is 28.5 Å². The lowest BCUT2D eigenvalue weighted by Crippen LogP contribution is -2.13. The van der Waals surface area contributed by atoms with Crippen LogP contribution in [-0.4, -0.2) is 17.1 Å². The molecular formula is C23H25NO4. The lowest BCUT2D eigenvalue weighted by Gasteiger charge is -2.13. The number of amides is 1. The lowest BCUT2D eigenvalue weighted by molar-refractivity contribution is 0.102. The first kappa shape index (κ1) is 19.7. The Kier molecular flexibility index (Phi) is 6.16. The number of ether oxygens (including phenoxy) is 1. The van der Waals surface area contributed by atoms with Gasteiger partial charge in [-0.3, -0.25) is 4.79 Å². The fourth-order valence-corrected chi connectivity index (χ4v) is 2.86. The molecular weight excluding hydrogens is 354 g/mol. The van der Waals surface area contributed by atoms with Crippen LogP contribution in [0.3, 0.4) is 0 Å². The normalized spacial score (nSPS) is 11.9. The van der Waals surface area contributed by atoms with E-state index in [0.717, 1.165) is 17.5 Å². The Hall–Kier alpha value is -3.05. The molecule has 0 bridgehead atoms. The van der Waals surface area contributed by atoms with E-state index < -0.39 is 0 Å². The summed E-state index contributed by atoms with van der Waals surface area (Å²) in [6, 6.07) is 16.4. The molecule has 1 heterocycles. The van der Waals surface area contributed by atoms with Gasteiger partial charge >= 0.3 is 0 Å². The maximum absolute atomic E-state index is 12.6. The predicted octanol–water partition coefficient (Wildman–Crippen LogP) is 5.18. The lowest BCUT2D eigenvalue weighted by atomic mass is 10.1. The summed E-state index contributed by atoms with van der Waals surface area (Å²) in [5, 5.41) is 12.1. The number of hydrogen-bond acceptors (Lipinski definition) is 4. The molecule has 0 aliphatic rings. The van der Waals surface area contributed by atoms with Crippen molar-refractivity contribution in [2.24, 2.45) is 0 Å². The molecule has 5 heteroatoms. The van der Waals surface area contributed by atoms with Crippen LogP contribution in [0.25, 0.3) is 11.3 Å². The highest BCUT2D eigenvalue weighted by Crippen LogP contribution is 2.28. The van der Waals surface area contributed by atoms with Crippen LogP contribution in [-0.2, 0) is 6.61 Å². The molecule has 1 atom stereocenters. The molecule has 0 spiro atoms. The van der Waals surface area contributed by atoms with Gasteiger partial charge in [-0.25, -0.2) is 0 Å². The number of aryl methyl sites for hydroxylation is 1. The molecule has 0 radical (unpaired) electrons. The van der Waals surface area contributed by atoms with E-state index in [1.54, 1.807) is 18.2 Å². The Labute approximate surface area is 165 Å². The van der Waals surface area contributed by atoms with Gasteiger partial charge in [0, 0.05) is 16.8 Å². The van der Waals surface area contributed by atoms with Gasteiger partial charge in [-0.2, -0.15) is 0 Å². The number of nitrogens with one attached hydrogen (secondary N) is 1. The zero-order chi connectivity index (χ0) is 20.1. The topological polar surface area (TPSA) is 71.7 Å². The van der Waals surface area contributed by atoms with Crippen LogP contribution >= 0.6 is 0 Å². The summed E-state index contributed by atoms with van der Waals surface area (Å²) in [6.07, 6.45) is 0.999. The number of hydrogen-bond donors (Lipinski definition) is 2. The summed E-state index contributed by atoms with van der Waals surface area (Å²) >= 11 is 0. The van der Waals surface area contributed by atoms with Crippen LogP contribution in [0.5, 0.6) is 5.75 Å². The fraction of sp³-hybridized carbons (Fsp3) is 0.261. The van der Waals surface area contributed by atoms with Crippen molar-refractivity contribution in [2.45, 2.75) is 39.9 Å². The van der Waals surface area contributed by atoms with Crippen LogP contribution in [0.15, 0.2) is 59.0 Å². The Balaban J connectivity index is 1.74. The third-order valence-electron chi connectivity index (χ3n) is 4.58. The summed E-state index contributed by atoms with van der Waals surface area (Å²) in [4.78, 5) is 12.6. The van der Waals surface area contributed by atoms with Crippen LogP contribution in [0, 0.1) is 6.92 Å². The van der Waals surface area contributed by atoms with Gasteiger partial charge in [0.1, 0.15) is 23.9 Å². The van der Waals surface area contributed by atoms with E-state index in [1.165, 1.54) is 0 Å². The molecule has 0 aliphatic heterocycles. The molecule has 28 heavy (non-hydrogen) atoms. The van der Waals surface area contributed by atoms with E-state index in [2.05, 4.69) is 12.2 Å². The van der Waals surface area contributed by atoms with Crippen LogP contribution < -0.4 is 10.1 Å². The third kappa shape index (κ3) is 4.61. The van der Waals surface area contributed by atoms with Gasteiger partial charge < -0.3 is 19.6 Å². The molecule has 5 nitrogen and oxygen atoms in total. The van der Waals surface area contributed by atoms with E-state index in [-0.39, 0.29) is 18.6 Å². The Morgan fingerprint density at radius 2 is 2.00 bits per heavy atom. The standard InChI is InChI=1S/C23H25NO4/c1-4-16(3)27-19-7-5-6-17(13-19)23(26)24-18-8-10-21(15(2)12-18)22-11-9-20(14-25)28-22/h5-13,16,25H,4,14H2,1-3H3,(H,24,26). The average Bonchev–Trinajstić information content (AvgIpc) is 3.17. The van der Waals surface area contributed by atoms with Gasteiger partial charge in [-0.15, -0.1) is 0 Å². The first-order valence-corrected chi connectivity index (χ1v) is 9.38. The molecule has 2 aromatic carbocycles. The minimum atomic E-state index is -0.192. The number of benzene rings is 2. The summed E-state index contributed by atoms with van der Waals surface area (Å²) in [6.45, 7) is 5.87. The molecule has 1 amide bonds. The number of anilines is 1. The highest BCUT2D eigenvalue weighted by Gasteiger charge is 2.11. The number of rotatable bonds is 7. The van der Waals surface area contributed by atoms with Crippen molar-refractivity contribution >= 4 is 11.6 Å². The summed E-state index contributed by atoms with van der Waals surface area (Å²) in [5.74, 6) is 1.70. The average molecular weight is 379 g/mol. The van der Waals surface area contributed by atoms with E-state index in [9.17, 15) is 4.79 Å². The van der Waals surface area contributed by atoms with Crippen molar-refractivity contribution < 1.29 is 19.1 Å². The van der Waals surface area contributed by atoms with Crippen molar-refractivity contribution in [3.05, 3.63) is 71.5 Å². The molecule has 0 aliphatic carbocycles. The van der Waals surface area contributed by atoms with Gasteiger partial charge in [0.2, 0.25) is 0 Å². The first-order chi connectivity index (χ1) is 13.5. The molecule has 3 aromatic rings. The molecule has 1 aromatic heterocycles. The number of aliphatic hydroxyl groups excluding tert-OH is 1. The number of aliphatic hydroxyl groups is 1. The van der Waals surface area contributed by atoms with Crippen molar-refractivity contribution in [2.75, 3.05) is 5.32 Å². The number of furan rings is 1. The highest BCUT2D eigenvalue weighted by molar-refractivity contribution is 6.04. The minimum absolute atomic E-state index is 0.0986. The summed E-state index contributed by atoms with van der Waals surface area (Å²) in [7, 11) is 0. The Bertz CT molecular complexity index is 961. The largest absolute Gasteiger partial charge is 0.491 e. The maximum Gasteiger partial charge on any atom is 0.255 e. The van der Waals surface area contributed by atoms with E-state index in [1.807, 2.05) is 50.2 Å². The highest BCUT2D eigenvalue weighted by atomic mass is 16.5. The molecule has 2 N–H and O–H groups in total. The van der Waals surface area contributed by atoms with Crippen molar-refractivity contribution in [1.29, 1.82) is 0 Å². The summed E-state index contributed by atoms with van der Waals surface area (Å²) < 4.78 is 11.4. The second-order valence-electron chi connectivity index (χ2n) is 6.77. The maximum atomic E-state index is 12.6. The van der Waals surface area contributed by atoms with Gasteiger partial charge in [-0.1, -0.05) is 13.0 Å². The molecule has 0 saturated carbocycles. The smallest absolute Gasteiger partial charge is 0.255 e. The van der Waals surface area contributed by atoms with E-state index >= 15 is 0 Å². The Morgan fingerprint density at radius 3 is 2.68 bits per heavy atom. The van der Waals surface area contributed by atoms with Gasteiger partial charge in [0.05, 0.1) is 6.10 Å². The molecule has 3 rings (SSSR count). The van der Waals surface area contributed by atoms with Gasteiger partial charge in [0.25, 0.3) is 5.91 Å². The monoisotopic (exact) mass is 379 g/mol. The van der Waals surface area contributed by atoms with Crippen molar-refractivity contribution in [3.8, 4) is 17.1 Å². The second-order valence-corrected chi connectivity index (χ2v) is 6.77. The quantitative estimate of drug-likeness (QED) is 0.593. The van der Waals surface area contributed by atoms with Gasteiger partial charge in [0.15, 0.2) is 0 Å². The Morgan fingerprint density at radius 1 is 1.18 bits per heavy atom. The second kappa shape index (κ2) is 8.76. The number of carbonyl (C=O) groups excluding carboxylic acids is 1. The van der Waals surface area contributed by atoms with Crippen LogP contribution in [0.1, 0.15) is 41.9 Å². The van der Waals surface area contributed by atoms with Gasteiger partial charge in [-0.05, 0) is 74.4 Å². The fourth-order valence-electron chi connectivity index (χ4n) is 2.86. The predicted molar refractivity (Wildman–Crippen MR) is 110 cm³/mol. The van der Waals surface area contributed by atoms with E-state index in [4.69, 9.17) is 14.3 Å². The zero-order valence-corrected chi connectivity index (χ0v) is 16.4.